The maximum absolute atomic E-state index is 10.8. The lowest BCUT2D eigenvalue weighted by Crippen LogP contribution is -2.07. The smallest absolute Gasteiger partial charge is 0.213 e. The molecule has 0 fully saturated rings. The summed E-state index contributed by atoms with van der Waals surface area (Å²) in [6, 6.07) is 5.30. The lowest BCUT2D eigenvalue weighted by molar-refractivity contribution is -0.114. The van der Waals surface area contributed by atoms with Crippen molar-refractivity contribution >= 4 is 29.6 Å². The molecule has 2 N–H and O–H groups in total. The first-order valence-electron chi connectivity index (χ1n) is 6.14. The molecule has 0 aromatic heterocycles. The van der Waals surface area contributed by atoms with E-state index in [9.17, 15) is 9.90 Å². The molecule has 0 atom stereocenters. The molecule has 0 spiro atoms. The van der Waals surface area contributed by atoms with Gasteiger partial charge in [-0.25, -0.2) is 0 Å². The van der Waals surface area contributed by atoms with Crippen molar-refractivity contribution in [2.24, 2.45) is 0 Å². The van der Waals surface area contributed by atoms with Gasteiger partial charge in [-0.15, -0.1) is 0 Å². The van der Waals surface area contributed by atoms with Crippen LogP contribution in [0.1, 0.15) is 19.4 Å². The number of carbonyl (C=O) groups excluding carboxylic acids is 1. The van der Waals surface area contributed by atoms with Gasteiger partial charge in [-0.2, -0.15) is 0 Å². The minimum Gasteiger partial charge on any atom is -0.507 e. The molecule has 0 aliphatic rings. The zero-order valence-electron chi connectivity index (χ0n) is 12.2. The third kappa shape index (κ3) is 4.66. The highest BCUT2D eigenvalue weighted by molar-refractivity contribution is 7.99. The van der Waals surface area contributed by atoms with E-state index in [1.54, 1.807) is 25.4 Å². The molecule has 0 saturated heterocycles. The molecular formula is C15H20N2O2S. The van der Waals surface area contributed by atoms with E-state index in [1.165, 1.54) is 16.8 Å². The predicted molar refractivity (Wildman–Crippen MR) is 86.5 cm³/mol. The van der Waals surface area contributed by atoms with Crippen LogP contribution in [-0.4, -0.2) is 29.7 Å². The summed E-state index contributed by atoms with van der Waals surface area (Å²) in [6.07, 6.45) is 6.27. The van der Waals surface area contributed by atoms with Gasteiger partial charge >= 0.3 is 0 Å². The highest BCUT2D eigenvalue weighted by Crippen LogP contribution is 2.30. The summed E-state index contributed by atoms with van der Waals surface area (Å²) >= 11 is 1.48. The maximum atomic E-state index is 10.8. The fraction of sp³-hybridized carbons (Fsp3) is 0.267. The average Bonchev–Trinajstić information content (AvgIpc) is 2.39. The van der Waals surface area contributed by atoms with Crippen LogP contribution in [-0.2, 0) is 4.79 Å². The Morgan fingerprint density at radius 2 is 2.10 bits per heavy atom. The van der Waals surface area contributed by atoms with Crippen LogP contribution in [0.4, 0.5) is 5.69 Å². The van der Waals surface area contributed by atoms with Crippen LogP contribution in [0.25, 0.3) is 5.57 Å². The Bertz CT molecular complexity index is 535. The summed E-state index contributed by atoms with van der Waals surface area (Å²) in [7, 11) is 1.66. The molecule has 1 rings (SSSR count). The van der Waals surface area contributed by atoms with E-state index < -0.39 is 0 Å². The summed E-state index contributed by atoms with van der Waals surface area (Å²) < 4.78 is 3.13. The van der Waals surface area contributed by atoms with Gasteiger partial charge in [0.05, 0.1) is 0 Å². The fourth-order valence-corrected chi connectivity index (χ4v) is 2.06. The molecule has 0 heterocycles. The monoisotopic (exact) mass is 292 g/mol. The number of phenols is 1. The van der Waals surface area contributed by atoms with Gasteiger partial charge in [0.2, 0.25) is 6.41 Å². The molecule has 108 valence electrons. The molecule has 5 heteroatoms. The van der Waals surface area contributed by atoms with Crippen molar-refractivity contribution in [3.8, 4) is 5.75 Å². The van der Waals surface area contributed by atoms with Crippen molar-refractivity contribution in [3.63, 3.8) is 0 Å². The summed E-state index contributed by atoms with van der Waals surface area (Å²) in [5, 5.41) is 10.1. The van der Waals surface area contributed by atoms with Gasteiger partial charge in [-0.1, -0.05) is 23.6 Å². The molecule has 0 aliphatic carbocycles. The number of nitrogens with one attached hydrogen (secondary N) is 1. The topological polar surface area (TPSA) is 52.6 Å². The van der Waals surface area contributed by atoms with E-state index in [1.807, 2.05) is 32.2 Å². The second-order valence-electron chi connectivity index (χ2n) is 4.62. The second-order valence-corrected chi connectivity index (χ2v) is 5.23. The SMILES string of the molecule is CSNc1ccc(O)c(/C(C=C(C)C)=C/N(C)C=O)c1. The number of rotatable bonds is 6. The molecular weight excluding hydrogens is 272 g/mol. The number of carbonyl (C=O) groups is 1. The number of hydrogen-bond donors (Lipinski definition) is 2. The first-order valence-corrected chi connectivity index (χ1v) is 7.36. The van der Waals surface area contributed by atoms with Crippen LogP contribution in [0, 0.1) is 0 Å². The molecule has 0 radical (unpaired) electrons. The number of anilines is 1. The number of amides is 1. The van der Waals surface area contributed by atoms with Gasteiger partial charge in [0.25, 0.3) is 0 Å². The number of aromatic hydroxyl groups is 1. The maximum Gasteiger partial charge on any atom is 0.213 e. The lowest BCUT2D eigenvalue weighted by atomic mass is 10.0. The van der Waals surface area contributed by atoms with Gasteiger partial charge in [-0.3, -0.25) is 4.79 Å². The third-order valence-corrected chi connectivity index (χ3v) is 2.92. The third-order valence-electron chi connectivity index (χ3n) is 2.48. The van der Waals surface area contributed by atoms with Crippen LogP contribution in [0.2, 0.25) is 0 Å². The second kappa shape index (κ2) is 7.65. The molecule has 0 bridgehead atoms. The van der Waals surface area contributed by atoms with Crippen molar-refractivity contribution in [2.45, 2.75) is 13.8 Å². The van der Waals surface area contributed by atoms with E-state index in [-0.39, 0.29) is 5.75 Å². The number of phenolic OH excluding ortho intramolecular Hbond substituents is 1. The van der Waals surface area contributed by atoms with Gasteiger partial charge in [-0.05, 0) is 32.0 Å². The Balaban J connectivity index is 3.32. The summed E-state index contributed by atoms with van der Waals surface area (Å²) in [5.74, 6) is 0.180. The van der Waals surface area contributed by atoms with E-state index in [4.69, 9.17) is 0 Å². The van der Waals surface area contributed by atoms with Crippen LogP contribution >= 0.6 is 11.9 Å². The molecule has 1 aromatic rings. The average molecular weight is 292 g/mol. The van der Waals surface area contributed by atoms with Crippen molar-refractivity contribution in [2.75, 3.05) is 18.0 Å². The summed E-state index contributed by atoms with van der Waals surface area (Å²) in [4.78, 5) is 12.2. The molecule has 1 aromatic carbocycles. The zero-order valence-corrected chi connectivity index (χ0v) is 13.0. The number of allylic oxidation sites excluding steroid dienone is 3. The standard InChI is InChI=1S/C15H20N2O2S/c1-11(2)7-12(9-17(3)10-18)14-8-13(16-20-4)5-6-15(14)19/h5-10,16,19H,1-4H3/b12-9+. The number of nitrogens with zero attached hydrogens (tertiary/aromatic N) is 1. The highest BCUT2D eigenvalue weighted by atomic mass is 32.2. The van der Waals surface area contributed by atoms with Crippen LogP contribution < -0.4 is 4.72 Å². The van der Waals surface area contributed by atoms with E-state index in [0.29, 0.717) is 5.56 Å². The van der Waals surface area contributed by atoms with Gasteiger partial charge in [0, 0.05) is 36.3 Å². The highest BCUT2D eigenvalue weighted by Gasteiger charge is 2.08. The predicted octanol–water partition coefficient (Wildman–Crippen LogP) is 3.48. The lowest BCUT2D eigenvalue weighted by Gasteiger charge is -2.12. The zero-order chi connectivity index (χ0) is 15.1. The Labute approximate surface area is 124 Å². The van der Waals surface area contributed by atoms with E-state index in [2.05, 4.69) is 4.72 Å². The minimum atomic E-state index is 0.180. The fourth-order valence-electron chi connectivity index (χ4n) is 1.69. The normalized spacial score (nSPS) is 10.9. The van der Waals surface area contributed by atoms with Gasteiger partial charge < -0.3 is 14.7 Å². The van der Waals surface area contributed by atoms with Crippen molar-refractivity contribution in [3.05, 3.63) is 41.6 Å². The minimum absolute atomic E-state index is 0.180. The van der Waals surface area contributed by atoms with Crippen LogP contribution in [0.5, 0.6) is 5.75 Å². The Morgan fingerprint density at radius 1 is 1.40 bits per heavy atom. The van der Waals surface area contributed by atoms with Crippen molar-refractivity contribution in [1.29, 1.82) is 0 Å². The van der Waals surface area contributed by atoms with Crippen molar-refractivity contribution in [1.82, 2.24) is 4.90 Å². The van der Waals surface area contributed by atoms with E-state index in [0.717, 1.165) is 23.2 Å². The summed E-state index contributed by atoms with van der Waals surface area (Å²) in [5.41, 5.74) is 3.44. The summed E-state index contributed by atoms with van der Waals surface area (Å²) in [6.45, 7) is 3.94. The van der Waals surface area contributed by atoms with E-state index >= 15 is 0 Å². The van der Waals surface area contributed by atoms with Crippen LogP contribution in [0.3, 0.4) is 0 Å². The Hall–Kier alpha value is -1.88. The molecule has 4 nitrogen and oxygen atoms in total. The molecule has 1 amide bonds. The Morgan fingerprint density at radius 3 is 2.65 bits per heavy atom. The molecule has 20 heavy (non-hydrogen) atoms. The first-order chi connectivity index (χ1) is 9.47. The largest absolute Gasteiger partial charge is 0.507 e. The molecule has 0 aliphatic heterocycles. The number of benzene rings is 1. The van der Waals surface area contributed by atoms with Gasteiger partial charge in [0.1, 0.15) is 5.75 Å². The quantitative estimate of drug-likeness (QED) is 0.365. The first kappa shape index (κ1) is 16.2. The molecule has 0 unspecified atom stereocenters. The van der Waals surface area contributed by atoms with Gasteiger partial charge in [0.15, 0.2) is 0 Å². The Kier molecular flexibility index (Phi) is 6.18. The van der Waals surface area contributed by atoms with Crippen LogP contribution in [0.15, 0.2) is 36.0 Å². The van der Waals surface area contributed by atoms with Crippen molar-refractivity contribution < 1.29 is 9.90 Å². The number of hydrogen-bond acceptors (Lipinski definition) is 4. The molecule has 0 saturated carbocycles.